The molecular weight excluding hydrogens is 306 g/mol. The molecule has 0 unspecified atom stereocenters. The van der Waals surface area contributed by atoms with E-state index in [4.69, 9.17) is 8.83 Å². The highest BCUT2D eigenvalue weighted by Crippen LogP contribution is 2.39. The Morgan fingerprint density at radius 1 is 1.05 bits per heavy atom. The molecule has 3 rings (SSSR count). The molecule has 1 N–H and O–H groups in total. The Bertz CT molecular complexity index is 697. The first-order valence-electron chi connectivity index (χ1n) is 6.37. The van der Waals surface area contributed by atoms with Crippen LogP contribution in [-0.2, 0) is 6.42 Å². The van der Waals surface area contributed by atoms with Gasteiger partial charge in [-0.25, -0.2) is 0 Å². The molecule has 0 spiro atoms. The molecule has 2 aromatic heterocycles. The van der Waals surface area contributed by atoms with Gasteiger partial charge in [-0.05, 0) is 61.9 Å². The number of aryl methyl sites for hydroxylation is 2. The minimum absolute atomic E-state index is 0.913. The normalized spacial score (nSPS) is 11.8. The SMILES string of the molecule is CNCCc1c2cc(C)oc2c(Br)c2cc(C)oc12. The van der Waals surface area contributed by atoms with Crippen LogP contribution in [0, 0.1) is 13.8 Å². The van der Waals surface area contributed by atoms with Gasteiger partial charge in [-0.15, -0.1) is 0 Å². The standard InChI is InChI=1S/C15H16BrNO2/c1-8-6-11-10(4-5-17-3)14-12(7-9(2)18-14)13(16)15(11)19-8/h6-7,17H,4-5H2,1-3H3. The van der Waals surface area contributed by atoms with Gasteiger partial charge >= 0.3 is 0 Å². The Hall–Kier alpha value is -1.26. The predicted octanol–water partition coefficient (Wildman–Crippen LogP) is 4.32. The van der Waals surface area contributed by atoms with Crippen LogP contribution in [0.1, 0.15) is 17.1 Å². The Kier molecular flexibility index (Phi) is 3.15. The highest BCUT2D eigenvalue weighted by Gasteiger charge is 2.18. The molecule has 0 aliphatic heterocycles. The lowest BCUT2D eigenvalue weighted by molar-refractivity contribution is 0.571. The van der Waals surface area contributed by atoms with Crippen LogP contribution < -0.4 is 5.32 Å². The number of hydrogen-bond acceptors (Lipinski definition) is 3. The zero-order valence-corrected chi connectivity index (χ0v) is 12.8. The molecule has 4 heteroatoms. The molecule has 0 bridgehead atoms. The second kappa shape index (κ2) is 4.69. The number of rotatable bonds is 3. The first-order valence-corrected chi connectivity index (χ1v) is 7.16. The number of nitrogens with one attached hydrogen (secondary N) is 1. The van der Waals surface area contributed by atoms with Crippen molar-refractivity contribution in [1.29, 1.82) is 0 Å². The summed E-state index contributed by atoms with van der Waals surface area (Å²) in [5.74, 6) is 1.84. The number of fused-ring (bicyclic) bond motifs is 2. The highest BCUT2D eigenvalue weighted by molar-refractivity contribution is 9.10. The lowest BCUT2D eigenvalue weighted by Crippen LogP contribution is -2.10. The van der Waals surface area contributed by atoms with E-state index in [0.717, 1.165) is 50.9 Å². The molecule has 100 valence electrons. The lowest BCUT2D eigenvalue weighted by atomic mass is 10.0. The van der Waals surface area contributed by atoms with Crippen LogP contribution in [0.25, 0.3) is 21.9 Å². The van der Waals surface area contributed by atoms with Gasteiger partial charge in [0, 0.05) is 16.3 Å². The van der Waals surface area contributed by atoms with E-state index in [1.165, 1.54) is 5.56 Å². The number of likely N-dealkylation sites (N-methyl/N-ethyl adjacent to an activating group) is 1. The average Bonchev–Trinajstić information content (AvgIpc) is 2.93. The summed E-state index contributed by atoms with van der Waals surface area (Å²) >= 11 is 3.64. The summed E-state index contributed by atoms with van der Waals surface area (Å²) in [7, 11) is 1.96. The molecule has 19 heavy (non-hydrogen) atoms. The maximum absolute atomic E-state index is 5.89. The van der Waals surface area contributed by atoms with Crippen LogP contribution >= 0.6 is 15.9 Å². The quantitative estimate of drug-likeness (QED) is 0.780. The van der Waals surface area contributed by atoms with Gasteiger partial charge in [-0.3, -0.25) is 0 Å². The number of hydrogen-bond donors (Lipinski definition) is 1. The first kappa shape index (κ1) is 12.8. The fourth-order valence-corrected chi connectivity index (χ4v) is 3.13. The second-order valence-electron chi connectivity index (χ2n) is 4.85. The molecular formula is C15H16BrNO2. The Labute approximate surface area is 120 Å². The van der Waals surface area contributed by atoms with Crippen molar-refractivity contribution in [3.05, 3.63) is 33.7 Å². The fraction of sp³-hybridized carbons (Fsp3) is 0.333. The largest absolute Gasteiger partial charge is 0.461 e. The van der Waals surface area contributed by atoms with Crippen molar-refractivity contribution in [3.8, 4) is 0 Å². The van der Waals surface area contributed by atoms with E-state index in [-0.39, 0.29) is 0 Å². The third-order valence-electron chi connectivity index (χ3n) is 3.37. The monoisotopic (exact) mass is 321 g/mol. The summed E-state index contributed by atoms with van der Waals surface area (Å²) in [5, 5.41) is 5.42. The second-order valence-corrected chi connectivity index (χ2v) is 5.64. The van der Waals surface area contributed by atoms with Crippen molar-refractivity contribution >= 4 is 37.9 Å². The molecule has 0 saturated heterocycles. The third kappa shape index (κ3) is 1.99. The summed E-state index contributed by atoms with van der Waals surface area (Å²) in [4.78, 5) is 0. The molecule has 3 nitrogen and oxygen atoms in total. The molecule has 0 fully saturated rings. The van der Waals surface area contributed by atoms with E-state index in [1.54, 1.807) is 0 Å². The minimum Gasteiger partial charge on any atom is -0.461 e. The molecule has 0 aliphatic carbocycles. The Morgan fingerprint density at radius 2 is 1.68 bits per heavy atom. The fourth-order valence-electron chi connectivity index (χ4n) is 2.55. The molecule has 1 aromatic carbocycles. The maximum Gasteiger partial charge on any atom is 0.149 e. The van der Waals surface area contributed by atoms with Gasteiger partial charge in [0.2, 0.25) is 0 Å². The molecule has 3 aromatic rings. The Balaban J connectivity index is 2.40. The van der Waals surface area contributed by atoms with Gasteiger partial charge in [0.05, 0.1) is 4.47 Å². The van der Waals surface area contributed by atoms with Crippen LogP contribution in [0.4, 0.5) is 0 Å². The smallest absolute Gasteiger partial charge is 0.149 e. The third-order valence-corrected chi connectivity index (χ3v) is 4.16. The van der Waals surface area contributed by atoms with Gasteiger partial charge in [0.25, 0.3) is 0 Å². The average molecular weight is 322 g/mol. The van der Waals surface area contributed by atoms with E-state index in [0.29, 0.717) is 0 Å². The molecule has 0 radical (unpaired) electrons. The van der Waals surface area contributed by atoms with Gasteiger partial charge in [-0.1, -0.05) is 0 Å². The number of benzene rings is 1. The van der Waals surface area contributed by atoms with Crippen LogP contribution in [0.2, 0.25) is 0 Å². The van der Waals surface area contributed by atoms with Gasteiger partial charge in [0.15, 0.2) is 0 Å². The van der Waals surface area contributed by atoms with E-state index in [1.807, 2.05) is 20.9 Å². The van der Waals surface area contributed by atoms with Crippen molar-refractivity contribution in [2.75, 3.05) is 13.6 Å². The summed E-state index contributed by atoms with van der Waals surface area (Å²) in [5.41, 5.74) is 3.09. The predicted molar refractivity (Wildman–Crippen MR) is 80.8 cm³/mol. The first-order chi connectivity index (χ1) is 9.11. The van der Waals surface area contributed by atoms with Crippen LogP contribution in [0.3, 0.4) is 0 Å². The van der Waals surface area contributed by atoms with Crippen molar-refractivity contribution in [1.82, 2.24) is 5.32 Å². The van der Waals surface area contributed by atoms with Gasteiger partial charge < -0.3 is 14.2 Å². The van der Waals surface area contributed by atoms with E-state index >= 15 is 0 Å². The zero-order valence-electron chi connectivity index (χ0n) is 11.3. The van der Waals surface area contributed by atoms with Crippen molar-refractivity contribution < 1.29 is 8.83 Å². The van der Waals surface area contributed by atoms with Gasteiger partial charge in [0.1, 0.15) is 22.7 Å². The van der Waals surface area contributed by atoms with Crippen molar-refractivity contribution in [3.63, 3.8) is 0 Å². The van der Waals surface area contributed by atoms with E-state index < -0.39 is 0 Å². The van der Waals surface area contributed by atoms with Crippen molar-refractivity contribution in [2.24, 2.45) is 0 Å². The Morgan fingerprint density at radius 3 is 2.37 bits per heavy atom. The minimum atomic E-state index is 0.913. The molecule has 0 saturated carbocycles. The highest BCUT2D eigenvalue weighted by atomic mass is 79.9. The van der Waals surface area contributed by atoms with E-state index in [2.05, 4.69) is 33.4 Å². The number of furan rings is 2. The topological polar surface area (TPSA) is 38.3 Å². The number of halogens is 1. The van der Waals surface area contributed by atoms with Crippen LogP contribution in [0.15, 0.2) is 25.4 Å². The van der Waals surface area contributed by atoms with Crippen molar-refractivity contribution in [2.45, 2.75) is 20.3 Å². The summed E-state index contributed by atoms with van der Waals surface area (Å²) in [6.45, 7) is 4.86. The maximum atomic E-state index is 5.89. The van der Waals surface area contributed by atoms with Crippen LogP contribution in [-0.4, -0.2) is 13.6 Å². The summed E-state index contributed by atoms with van der Waals surface area (Å²) in [6, 6.07) is 4.14. The molecule has 0 atom stereocenters. The van der Waals surface area contributed by atoms with Crippen LogP contribution in [0.5, 0.6) is 0 Å². The zero-order chi connectivity index (χ0) is 13.6. The van der Waals surface area contributed by atoms with E-state index in [9.17, 15) is 0 Å². The molecule has 0 amide bonds. The summed E-state index contributed by atoms with van der Waals surface area (Å²) in [6.07, 6.45) is 0.919. The molecule has 2 heterocycles. The summed E-state index contributed by atoms with van der Waals surface area (Å²) < 4.78 is 12.7. The van der Waals surface area contributed by atoms with Gasteiger partial charge in [-0.2, -0.15) is 0 Å². The molecule has 0 aliphatic rings. The lowest BCUT2D eigenvalue weighted by Gasteiger charge is -2.05.